The molecule has 146 valence electrons. The van der Waals surface area contributed by atoms with Crippen LogP contribution in [0, 0.1) is 5.92 Å². The van der Waals surface area contributed by atoms with Crippen LogP contribution in [-0.2, 0) is 20.9 Å². The summed E-state index contributed by atoms with van der Waals surface area (Å²) in [7, 11) is 0. The highest BCUT2D eigenvalue weighted by molar-refractivity contribution is 5.97. The predicted octanol–water partition coefficient (Wildman–Crippen LogP) is 5.79. The van der Waals surface area contributed by atoms with Crippen LogP contribution in [0.4, 0.5) is 0 Å². The van der Waals surface area contributed by atoms with E-state index in [4.69, 9.17) is 4.74 Å². The Morgan fingerprint density at radius 3 is 1.86 bits per heavy atom. The summed E-state index contributed by atoms with van der Waals surface area (Å²) in [5.74, 6) is -1.39. The van der Waals surface area contributed by atoms with Crippen molar-refractivity contribution < 1.29 is 14.3 Å². The number of rotatable bonds is 7. The number of benzene rings is 3. The summed E-state index contributed by atoms with van der Waals surface area (Å²) in [4.78, 5) is 23.0. The first-order valence-electron chi connectivity index (χ1n) is 9.62. The second-order valence-corrected chi connectivity index (χ2v) is 7.00. The Balaban J connectivity index is 1.57. The monoisotopic (exact) mass is 384 g/mol. The summed E-state index contributed by atoms with van der Waals surface area (Å²) >= 11 is 0. The van der Waals surface area contributed by atoms with Gasteiger partial charge in [-0.05, 0) is 41.7 Å². The van der Waals surface area contributed by atoms with Gasteiger partial charge in [0.15, 0.2) is 0 Å². The fourth-order valence-corrected chi connectivity index (χ4v) is 2.78. The number of ether oxygens (including phenoxy) is 1. The molecule has 0 aromatic heterocycles. The topological polar surface area (TPSA) is 43.4 Å². The number of ketones is 1. The van der Waals surface area contributed by atoms with E-state index in [0.717, 1.165) is 16.7 Å². The van der Waals surface area contributed by atoms with Gasteiger partial charge < -0.3 is 4.74 Å². The summed E-state index contributed by atoms with van der Waals surface area (Å²) < 4.78 is 5.19. The van der Waals surface area contributed by atoms with Gasteiger partial charge in [0.25, 0.3) is 0 Å². The van der Waals surface area contributed by atoms with E-state index < -0.39 is 11.9 Å². The van der Waals surface area contributed by atoms with E-state index in [1.807, 2.05) is 48.5 Å². The van der Waals surface area contributed by atoms with Crippen molar-refractivity contribution in [3.05, 3.63) is 95.6 Å². The molecule has 0 N–H and O–H groups in total. The summed E-state index contributed by atoms with van der Waals surface area (Å²) in [5.41, 5.74) is 5.47. The number of carbonyl (C=O) groups is 2. The van der Waals surface area contributed by atoms with Crippen molar-refractivity contribution in [3.8, 4) is 11.1 Å². The Morgan fingerprint density at radius 2 is 1.31 bits per heavy atom. The zero-order chi connectivity index (χ0) is 20.6. The van der Waals surface area contributed by atoms with Crippen LogP contribution in [0.15, 0.2) is 78.9 Å². The first kappa shape index (κ1) is 20.3. The van der Waals surface area contributed by atoms with E-state index in [2.05, 4.69) is 42.5 Å². The quantitative estimate of drug-likeness (QED) is 0.294. The third-order valence-corrected chi connectivity index (χ3v) is 4.81. The minimum absolute atomic E-state index is 0.168. The second-order valence-electron chi connectivity index (χ2n) is 7.00. The van der Waals surface area contributed by atoms with Crippen LogP contribution < -0.4 is 0 Å². The van der Waals surface area contributed by atoms with E-state index >= 15 is 0 Å². The minimum atomic E-state index is -0.717. The van der Waals surface area contributed by atoms with Gasteiger partial charge in [-0.15, -0.1) is 0 Å². The summed E-state index contributed by atoms with van der Waals surface area (Å²) in [6.07, 6.45) is 4.11. The molecule has 3 heteroatoms. The molecule has 0 aliphatic rings. The van der Waals surface area contributed by atoms with Gasteiger partial charge in [-0.3, -0.25) is 9.59 Å². The lowest BCUT2D eigenvalue weighted by Gasteiger charge is -2.08. The molecule has 3 aromatic rings. The molecule has 29 heavy (non-hydrogen) atoms. The normalized spacial score (nSPS) is 11.9. The molecule has 0 heterocycles. The maximum atomic E-state index is 11.7. The van der Waals surface area contributed by atoms with Crippen molar-refractivity contribution in [3.63, 3.8) is 0 Å². The fourth-order valence-electron chi connectivity index (χ4n) is 2.78. The van der Waals surface area contributed by atoms with Gasteiger partial charge in [0.1, 0.15) is 18.3 Å². The number of hydrogen-bond acceptors (Lipinski definition) is 3. The maximum absolute atomic E-state index is 11.7. The van der Waals surface area contributed by atoms with Crippen LogP contribution in [0.25, 0.3) is 23.3 Å². The van der Waals surface area contributed by atoms with E-state index in [1.54, 1.807) is 6.92 Å². The van der Waals surface area contributed by atoms with Gasteiger partial charge >= 0.3 is 5.97 Å². The van der Waals surface area contributed by atoms with Crippen LogP contribution in [0.1, 0.15) is 30.5 Å². The molecule has 3 aromatic carbocycles. The van der Waals surface area contributed by atoms with Crippen molar-refractivity contribution in [1.29, 1.82) is 0 Å². The van der Waals surface area contributed by atoms with Crippen molar-refractivity contribution in [1.82, 2.24) is 0 Å². The lowest BCUT2D eigenvalue weighted by Crippen LogP contribution is -2.20. The van der Waals surface area contributed by atoms with Gasteiger partial charge in [0.2, 0.25) is 0 Å². The highest BCUT2D eigenvalue weighted by Gasteiger charge is 2.18. The molecule has 3 rings (SSSR count). The molecule has 0 amide bonds. The Hall–Kier alpha value is -3.46. The number of Topliss-reactive ketones (excluding diaryl/α,β-unsaturated/α-hetero) is 1. The molecule has 0 saturated heterocycles. The molecule has 0 spiro atoms. The van der Waals surface area contributed by atoms with Crippen LogP contribution in [0.3, 0.4) is 0 Å². The van der Waals surface area contributed by atoms with Crippen molar-refractivity contribution in [2.45, 2.75) is 20.5 Å². The average molecular weight is 384 g/mol. The van der Waals surface area contributed by atoms with Gasteiger partial charge in [-0.25, -0.2) is 0 Å². The molecule has 1 atom stereocenters. The van der Waals surface area contributed by atoms with Crippen molar-refractivity contribution >= 4 is 23.9 Å². The molecule has 0 aliphatic heterocycles. The Morgan fingerprint density at radius 1 is 0.793 bits per heavy atom. The van der Waals surface area contributed by atoms with Crippen LogP contribution >= 0.6 is 0 Å². The van der Waals surface area contributed by atoms with E-state index in [1.165, 1.54) is 18.1 Å². The Kier molecular flexibility index (Phi) is 6.75. The van der Waals surface area contributed by atoms with E-state index in [-0.39, 0.29) is 12.4 Å². The van der Waals surface area contributed by atoms with E-state index in [0.29, 0.717) is 0 Å². The van der Waals surface area contributed by atoms with E-state index in [9.17, 15) is 9.59 Å². The van der Waals surface area contributed by atoms with Crippen molar-refractivity contribution in [2.24, 2.45) is 5.92 Å². The third kappa shape index (κ3) is 5.76. The molecule has 0 radical (unpaired) electrons. The SMILES string of the molecule is CC(=O)C(C)C(=O)OCc1ccc(/C=C/c2ccc(-c3ccccc3)cc2)cc1. The summed E-state index contributed by atoms with van der Waals surface area (Å²) in [6.45, 7) is 3.12. The lowest BCUT2D eigenvalue weighted by molar-refractivity contribution is -0.152. The first-order valence-corrected chi connectivity index (χ1v) is 9.62. The van der Waals surface area contributed by atoms with Crippen LogP contribution in [0.2, 0.25) is 0 Å². The highest BCUT2D eigenvalue weighted by Crippen LogP contribution is 2.20. The lowest BCUT2D eigenvalue weighted by atomic mass is 10.0. The predicted molar refractivity (Wildman–Crippen MR) is 117 cm³/mol. The molecule has 0 fully saturated rings. The van der Waals surface area contributed by atoms with Crippen molar-refractivity contribution in [2.75, 3.05) is 0 Å². The highest BCUT2D eigenvalue weighted by atomic mass is 16.5. The minimum Gasteiger partial charge on any atom is -0.460 e. The van der Waals surface area contributed by atoms with Gasteiger partial charge in [-0.1, -0.05) is 91.0 Å². The third-order valence-electron chi connectivity index (χ3n) is 4.81. The number of esters is 1. The molecular weight excluding hydrogens is 360 g/mol. The Bertz CT molecular complexity index is 984. The average Bonchev–Trinajstić information content (AvgIpc) is 2.77. The number of carbonyl (C=O) groups excluding carboxylic acids is 2. The number of hydrogen-bond donors (Lipinski definition) is 0. The van der Waals surface area contributed by atoms with Crippen LogP contribution in [0.5, 0.6) is 0 Å². The zero-order valence-electron chi connectivity index (χ0n) is 16.7. The summed E-state index contributed by atoms with van der Waals surface area (Å²) in [5, 5.41) is 0. The van der Waals surface area contributed by atoms with Gasteiger partial charge in [0, 0.05) is 0 Å². The molecule has 0 aliphatic carbocycles. The standard InChI is InChI=1S/C26H24O3/c1-19(20(2)27)26(28)29-18-23-12-10-21(11-13-23)8-9-22-14-16-25(17-15-22)24-6-4-3-5-7-24/h3-17,19H,18H2,1-2H3/b9-8+. The molecule has 0 bridgehead atoms. The smallest absolute Gasteiger partial charge is 0.316 e. The Labute approximate surface area is 171 Å². The summed E-state index contributed by atoms with van der Waals surface area (Å²) in [6, 6.07) is 26.5. The van der Waals surface area contributed by atoms with Gasteiger partial charge in [0.05, 0.1) is 0 Å². The van der Waals surface area contributed by atoms with Gasteiger partial charge in [-0.2, -0.15) is 0 Å². The fraction of sp³-hybridized carbons (Fsp3) is 0.154. The molecule has 1 unspecified atom stereocenters. The molecule has 3 nitrogen and oxygen atoms in total. The zero-order valence-corrected chi connectivity index (χ0v) is 16.7. The van der Waals surface area contributed by atoms with Crippen LogP contribution in [-0.4, -0.2) is 11.8 Å². The largest absolute Gasteiger partial charge is 0.460 e. The first-order chi connectivity index (χ1) is 14.0. The molecule has 0 saturated carbocycles. The molecular formula is C26H24O3. The maximum Gasteiger partial charge on any atom is 0.316 e. The second kappa shape index (κ2) is 9.65.